The summed E-state index contributed by atoms with van der Waals surface area (Å²) in [6, 6.07) is 5.35. The molecule has 8 heteroatoms. The van der Waals surface area contributed by atoms with Crippen molar-refractivity contribution in [2.24, 2.45) is 5.92 Å². The zero-order valence-corrected chi connectivity index (χ0v) is 14.2. The number of carbonyl (C=O) groups is 2. The fraction of sp³-hybridized carbons (Fsp3) is 0.529. The van der Waals surface area contributed by atoms with E-state index < -0.39 is 24.5 Å². The molecule has 0 aromatic heterocycles. The minimum atomic E-state index is -4.41. The van der Waals surface area contributed by atoms with Crippen LogP contribution in [0, 0.1) is 19.8 Å². The number of urea groups is 1. The van der Waals surface area contributed by atoms with Gasteiger partial charge in [0.1, 0.15) is 6.54 Å². The van der Waals surface area contributed by atoms with Gasteiger partial charge in [0.15, 0.2) is 0 Å². The van der Waals surface area contributed by atoms with Crippen molar-refractivity contribution in [3.63, 3.8) is 0 Å². The van der Waals surface area contributed by atoms with Gasteiger partial charge in [-0.15, -0.1) is 0 Å². The van der Waals surface area contributed by atoms with Gasteiger partial charge in [0.2, 0.25) is 5.91 Å². The quantitative estimate of drug-likeness (QED) is 0.873. The highest BCUT2D eigenvalue weighted by Crippen LogP contribution is 2.20. The molecule has 25 heavy (non-hydrogen) atoms. The Hall–Kier alpha value is -2.25. The molecule has 138 valence electrons. The number of carbonyl (C=O) groups excluding carboxylic acids is 2. The molecular formula is C17H22F3N3O2. The Morgan fingerprint density at radius 2 is 1.80 bits per heavy atom. The van der Waals surface area contributed by atoms with Crippen LogP contribution in [0.4, 0.5) is 23.7 Å². The number of nitrogens with one attached hydrogen (secondary N) is 2. The van der Waals surface area contributed by atoms with Crippen molar-refractivity contribution in [2.75, 3.05) is 25.0 Å². The van der Waals surface area contributed by atoms with Crippen LogP contribution in [0.5, 0.6) is 0 Å². The molecule has 1 saturated heterocycles. The summed E-state index contributed by atoms with van der Waals surface area (Å²) >= 11 is 0. The van der Waals surface area contributed by atoms with Gasteiger partial charge in [-0.25, -0.2) is 4.79 Å². The molecule has 1 aromatic carbocycles. The Balaban J connectivity index is 1.81. The molecule has 0 spiro atoms. The molecule has 1 heterocycles. The predicted octanol–water partition coefficient (Wildman–Crippen LogP) is 3.23. The maximum absolute atomic E-state index is 12.3. The predicted molar refractivity (Wildman–Crippen MR) is 88.3 cm³/mol. The minimum Gasteiger partial charge on any atom is -0.347 e. The minimum absolute atomic E-state index is 0.266. The van der Waals surface area contributed by atoms with E-state index in [1.54, 1.807) is 4.90 Å². The van der Waals surface area contributed by atoms with Crippen LogP contribution in [0.15, 0.2) is 18.2 Å². The van der Waals surface area contributed by atoms with E-state index >= 15 is 0 Å². The third kappa shape index (κ3) is 5.65. The molecule has 1 aromatic rings. The van der Waals surface area contributed by atoms with Gasteiger partial charge in [-0.1, -0.05) is 6.07 Å². The first-order valence-corrected chi connectivity index (χ1v) is 8.13. The molecule has 3 amide bonds. The first kappa shape index (κ1) is 19.1. The fourth-order valence-electron chi connectivity index (χ4n) is 2.70. The second kappa shape index (κ2) is 7.76. The molecule has 0 unspecified atom stereocenters. The van der Waals surface area contributed by atoms with Gasteiger partial charge in [0, 0.05) is 24.7 Å². The lowest BCUT2D eigenvalue weighted by molar-refractivity contribution is -0.141. The Bertz CT molecular complexity index is 639. The average molecular weight is 357 g/mol. The topological polar surface area (TPSA) is 61.4 Å². The zero-order valence-electron chi connectivity index (χ0n) is 14.2. The summed E-state index contributed by atoms with van der Waals surface area (Å²) in [4.78, 5) is 25.6. The number of alkyl halides is 3. The number of amides is 3. The van der Waals surface area contributed by atoms with E-state index in [4.69, 9.17) is 0 Å². The van der Waals surface area contributed by atoms with Crippen LogP contribution in [0.3, 0.4) is 0 Å². The Morgan fingerprint density at radius 1 is 1.16 bits per heavy atom. The van der Waals surface area contributed by atoms with E-state index in [2.05, 4.69) is 5.32 Å². The van der Waals surface area contributed by atoms with Crippen molar-refractivity contribution in [3.8, 4) is 0 Å². The molecule has 1 aliphatic heterocycles. The first-order chi connectivity index (χ1) is 11.7. The lowest BCUT2D eigenvalue weighted by Crippen LogP contribution is -2.45. The molecule has 0 atom stereocenters. The van der Waals surface area contributed by atoms with E-state index in [-0.39, 0.29) is 6.03 Å². The van der Waals surface area contributed by atoms with Gasteiger partial charge in [-0.2, -0.15) is 13.2 Å². The third-order valence-corrected chi connectivity index (χ3v) is 4.37. The summed E-state index contributed by atoms with van der Waals surface area (Å²) in [6.07, 6.45) is -3.71. The van der Waals surface area contributed by atoms with Crippen LogP contribution >= 0.6 is 0 Å². The molecule has 1 aliphatic rings. The van der Waals surface area contributed by atoms with Crippen LogP contribution in [-0.4, -0.2) is 42.6 Å². The lowest BCUT2D eigenvalue weighted by atomic mass is 9.96. The van der Waals surface area contributed by atoms with Crippen molar-refractivity contribution in [3.05, 3.63) is 29.3 Å². The van der Waals surface area contributed by atoms with Crippen LogP contribution in [0.2, 0.25) is 0 Å². The average Bonchev–Trinajstić information content (AvgIpc) is 2.55. The third-order valence-electron chi connectivity index (χ3n) is 4.37. The number of piperidine rings is 1. The number of anilines is 1. The monoisotopic (exact) mass is 357 g/mol. The van der Waals surface area contributed by atoms with Gasteiger partial charge < -0.3 is 15.5 Å². The molecule has 2 rings (SSSR count). The number of nitrogens with zero attached hydrogens (tertiary/aromatic N) is 1. The van der Waals surface area contributed by atoms with Crippen LogP contribution in [-0.2, 0) is 4.79 Å². The van der Waals surface area contributed by atoms with Gasteiger partial charge in [-0.3, -0.25) is 4.79 Å². The van der Waals surface area contributed by atoms with Crippen molar-refractivity contribution >= 4 is 17.6 Å². The molecule has 0 bridgehead atoms. The molecular weight excluding hydrogens is 335 g/mol. The second-order valence-electron chi connectivity index (χ2n) is 6.32. The molecule has 2 N–H and O–H groups in total. The zero-order chi connectivity index (χ0) is 18.6. The van der Waals surface area contributed by atoms with Gasteiger partial charge in [-0.05, 0) is 49.9 Å². The Kier molecular flexibility index (Phi) is 5.92. The number of halogens is 3. The SMILES string of the molecule is Cc1ccc(NC(=O)N2CCC(C(=O)NCC(F)(F)F)CC2)cc1C. The summed E-state index contributed by atoms with van der Waals surface area (Å²) in [6.45, 7) is 3.28. The molecule has 0 aliphatic carbocycles. The Morgan fingerprint density at radius 3 is 2.36 bits per heavy atom. The largest absolute Gasteiger partial charge is 0.405 e. The van der Waals surface area contributed by atoms with E-state index in [0.717, 1.165) is 11.1 Å². The van der Waals surface area contributed by atoms with Gasteiger partial charge >= 0.3 is 12.2 Å². The number of benzene rings is 1. The highest BCUT2D eigenvalue weighted by Gasteiger charge is 2.31. The van der Waals surface area contributed by atoms with Gasteiger partial charge in [0.25, 0.3) is 0 Å². The van der Waals surface area contributed by atoms with Crippen LogP contribution in [0.25, 0.3) is 0 Å². The van der Waals surface area contributed by atoms with E-state index in [1.165, 1.54) is 0 Å². The molecule has 5 nitrogen and oxygen atoms in total. The highest BCUT2D eigenvalue weighted by atomic mass is 19.4. The van der Waals surface area contributed by atoms with Gasteiger partial charge in [0.05, 0.1) is 0 Å². The summed E-state index contributed by atoms with van der Waals surface area (Å²) in [5.41, 5.74) is 2.89. The maximum atomic E-state index is 12.3. The van der Waals surface area contributed by atoms with E-state index in [1.807, 2.05) is 37.4 Å². The summed E-state index contributed by atoms with van der Waals surface area (Å²) in [7, 11) is 0. The number of likely N-dealkylation sites (tertiary alicyclic amines) is 1. The van der Waals surface area contributed by atoms with Crippen molar-refractivity contribution in [2.45, 2.75) is 32.9 Å². The fourth-order valence-corrected chi connectivity index (χ4v) is 2.70. The smallest absolute Gasteiger partial charge is 0.347 e. The molecule has 0 saturated carbocycles. The normalized spacial score (nSPS) is 15.8. The van der Waals surface area contributed by atoms with Crippen molar-refractivity contribution in [1.29, 1.82) is 0 Å². The van der Waals surface area contributed by atoms with Crippen LogP contribution in [0.1, 0.15) is 24.0 Å². The maximum Gasteiger partial charge on any atom is 0.405 e. The number of hydrogen-bond donors (Lipinski definition) is 2. The van der Waals surface area contributed by atoms with Crippen molar-refractivity contribution in [1.82, 2.24) is 10.2 Å². The number of hydrogen-bond acceptors (Lipinski definition) is 2. The summed E-state index contributed by atoms with van der Waals surface area (Å²) < 4.78 is 36.4. The number of rotatable bonds is 3. The van der Waals surface area contributed by atoms with E-state index in [9.17, 15) is 22.8 Å². The highest BCUT2D eigenvalue weighted by molar-refractivity contribution is 5.89. The summed E-state index contributed by atoms with van der Waals surface area (Å²) in [5, 5.41) is 4.71. The standard InChI is InChI=1S/C17H22F3N3O2/c1-11-3-4-14(9-12(11)2)22-16(25)23-7-5-13(6-8-23)15(24)21-10-17(18,19)20/h3-4,9,13H,5-8,10H2,1-2H3,(H,21,24)(H,22,25). The van der Waals surface area contributed by atoms with Crippen LogP contribution < -0.4 is 10.6 Å². The summed E-state index contributed by atoms with van der Waals surface area (Å²) in [5.74, 6) is -1.10. The first-order valence-electron chi connectivity index (χ1n) is 8.13. The lowest BCUT2D eigenvalue weighted by Gasteiger charge is -2.31. The molecule has 0 radical (unpaired) electrons. The second-order valence-corrected chi connectivity index (χ2v) is 6.32. The van der Waals surface area contributed by atoms with Crippen molar-refractivity contribution < 1.29 is 22.8 Å². The number of aryl methyl sites for hydroxylation is 2. The Labute approximate surface area is 144 Å². The molecule has 1 fully saturated rings. The van der Waals surface area contributed by atoms with E-state index in [0.29, 0.717) is 31.6 Å².